The van der Waals surface area contributed by atoms with Crippen LogP contribution in [0, 0.1) is 5.82 Å². The fraction of sp³-hybridized carbons (Fsp3) is 0.120. The topological polar surface area (TPSA) is 71.3 Å². The zero-order valence-electron chi connectivity index (χ0n) is 17.1. The standard InChI is InChI=1S/C25H21FN2O3/c1-15(17-6-5-7-18(14-17)16-10-12-19(26)13-11-16)27-24(30)22-20-8-3-4-9-21(20)28(2)25(31)23(22)29/h3-15,29H,1-2H3,(H,27,30)/t15-/m0/s1. The number of aryl methyl sites for hydroxylation is 1. The molecular formula is C25H21FN2O3. The Morgan fingerprint density at radius 2 is 1.71 bits per heavy atom. The maximum Gasteiger partial charge on any atom is 0.293 e. The molecule has 156 valence electrons. The molecule has 0 aliphatic rings. The number of halogens is 1. The van der Waals surface area contributed by atoms with Crippen LogP contribution in [0.3, 0.4) is 0 Å². The predicted octanol–water partition coefficient (Wildman–Crippen LogP) is 4.54. The highest BCUT2D eigenvalue weighted by Crippen LogP contribution is 2.26. The first-order chi connectivity index (χ1) is 14.9. The van der Waals surface area contributed by atoms with Gasteiger partial charge < -0.3 is 15.0 Å². The van der Waals surface area contributed by atoms with E-state index >= 15 is 0 Å². The Morgan fingerprint density at radius 1 is 1.00 bits per heavy atom. The molecule has 0 saturated heterocycles. The second-order valence-electron chi connectivity index (χ2n) is 7.43. The van der Waals surface area contributed by atoms with Gasteiger partial charge in [-0.05, 0) is 47.9 Å². The molecule has 0 bridgehead atoms. The molecule has 0 aliphatic heterocycles. The Bertz CT molecular complexity index is 1340. The number of aromatic hydroxyl groups is 1. The van der Waals surface area contributed by atoms with Crippen LogP contribution in [0.4, 0.5) is 4.39 Å². The average molecular weight is 416 g/mol. The molecule has 0 fully saturated rings. The molecule has 2 N–H and O–H groups in total. The molecule has 0 spiro atoms. The lowest BCUT2D eigenvalue weighted by Crippen LogP contribution is -2.29. The van der Waals surface area contributed by atoms with Gasteiger partial charge in [-0.2, -0.15) is 0 Å². The summed E-state index contributed by atoms with van der Waals surface area (Å²) in [4.78, 5) is 25.5. The van der Waals surface area contributed by atoms with Crippen LogP contribution in [-0.2, 0) is 7.05 Å². The van der Waals surface area contributed by atoms with Crippen LogP contribution in [0.1, 0.15) is 28.9 Å². The molecule has 1 heterocycles. The lowest BCUT2D eigenvalue weighted by atomic mass is 9.99. The lowest BCUT2D eigenvalue weighted by molar-refractivity contribution is 0.0938. The third-order valence-electron chi connectivity index (χ3n) is 5.42. The van der Waals surface area contributed by atoms with E-state index in [1.165, 1.54) is 16.7 Å². The van der Waals surface area contributed by atoms with Crippen LogP contribution in [0.2, 0.25) is 0 Å². The van der Waals surface area contributed by atoms with Crippen molar-refractivity contribution in [3.8, 4) is 16.9 Å². The van der Waals surface area contributed by atoms with Crippen molar-refractivity contribution in [2.75, 3.05) is 0 Å². The first kappa shape index (κ1) is 20.3. The molecule has 1 aromatic heterocycles. The second kappa shape index (κ2) is 8.07. The van der Waals surface area contributed by atoms with Gasteiger partial charge >= 0.3 is 0 Å². The molecule has 0 radical (unpaired) electrons. The molecular weight excluding hydrogens is 395 g/mol. The van der Waals surface area contributed by atoms with E-state index in [4.69, 9.17) is 0 Å². The molecule has 0 unspecified atom stereocenters. The van der Waals surface area contributed by atoms with Gasteiger partial charge in [0.1, 0.15) is 5.82 Å². The molecule has 0 saturated carbocycles. The molecule has 4 aromatic rings. The van der Waals surface area contributed by atoms with Crippen LogP contribution in [0.15, 0.2) is 77.6 Å². The maximum absolute atomic E-state index is 13.2. The summed E-state index contributed by atoms with van der Waals surface area (Å²) in [6.45, 7) is 1.82. The van der Waals surface area contributed by atoms with Gasteiger partial charge in [0, 0.05) is 12.4 Å². The van der Waals surface area contributed by atoms with Crippen molar-refractivity contribution in [3.63, 3.8) is 0 Å². The Kier molecular flexibility index (Phi) is 5.29. The van der Waals surface area contributed by atoms with Crippen molar-refractivity contribution in [2.24, 2.45) is 7.05 Å². The fourth-order valence-electron chi connectivity index (χ4n) is 3.69. The summed E-state index contributed by atoms with van der Waals surface area (Å²) in [5.41, 5.74) is 2.47. The van der Waals surface area contributed by atoms with E-state index in [-0.39, 0.29) is 11.4 Å². The lowest BCUT2D eigenvalue weighted by Gasteiger charge is -2.17. The smallest absolute Gasteiger partial charge is 0.293 e. The molecule has 5 nitrogen and oxygen atoms in total. The van der Waals surface area contributed by atoms with Gasteiger partial charge in [0.2, 0.25) is 0 Å². The number of carbonyl (C=O) groups is 1. The van der Waals surface area contributed by atoms with Gasteiger partial charge in [0.05, 0.1) is 17.1 Å². The minimum atomic E-state index is -0.630. The second-order valence-corrected chi connectivity index (χ2v) is 7.43. The van der Waals surface area contributed by atoms with Crippen LogP contribution >= 0.6 is 0 Å². The fourth-order valence-corrected chi connectivity index (χ4v) is 3.69. The normalized spacial score (nSPS) is 12.0. The average Bonchev–Trinajstić information content (AvgIpc) is 2.78. The van der Waals surface area contributed by atoms with Crippen molar-refractivity contribution in [1.29, 1.82) is 0 Å². The van der Waals surface area contributed by atoms with E-state index in [1.807, 2.05) is 31.2 Å². The summed E-state index contributed by atoms with van der Waals surface area (Å²) >= 11 is 0. The molecule has 4 rings (SSSR count). The largest absolute Gasteiger partial charge is 0.502 e. The summed E-state index contributed by atoms with van der Waals surface area (Å²) in [5, 5.41) is 13.8. The number of aromatic nitrogens is 1. The van der Waals surface area contributed by atoms with E-state index in [9.17, 15) is 19.1 Å². The van der Waals surface area contributed by atoms with Crippen LogP contribution in [-0.4, -0.2) is 15.6 Å². The number of nitrogens with zero attached hydrogens (tertiary/aromatic N) is 1. The number of hydrogen-bond acceptors (Lipinski definition) is 3. The molecule has 3 aromatic carbocycles. The Labute approximate surface area is 178 Å². The zero-order chi connectivity index (χ0) is 22.1. The number of fused-ring (bicyclic) bond motifs is 1. The summed E-state index contributed by atoms with van der Waals surface area (Å²) in [5.74, 6) is -1.42. The van der Waals surface area contributed by atoms with Crippen LogP contribution < -0.4 is 10.9 Å². The third kappa shape index (κ3) is 3.80. The zero-order valence-corrected chi connectivity index (χ0v) is 17.1. The van der Waals surface area contributed by atoms with E-state index in [0.29, 0.717) is 10.9 Å². The Morgan fingerprint density at radius 3 is 2.45 bits per heavy atom. The van der Waals surface area contributed by atoms with Gasteiger partial charge in [0.15, 0.2) is 5.75 Å². The highest BCUT2D eigenvalue weighted by atomic mass is 19.1. The number of amides is 1. The van der Waals surface area contributed by atoms with Crippen LogP contribution in [0.5, 0.6) is 5.75 Å². The van der Waals surface area contributed by atoms with Crippen molar-refractivity contribution in [3.05, 3.63) is 100 Å². The van der Waals surface area contributed by atoms with Gasteiger partial charge in [-0.1, -0.05) is 48.5 Å². The van der Waals surface area contributed by atoms with Crippen molar-refractivity contribution < 1.29 is 14.3 Å². The van der Waals surface area contributed by atoms with E-state index in [1.54, 1.807) is 43.4 Å². The van der Waals surface area contributed by atoms with Gasteiger partial charge in [-0.3, -0.25) is 9.59 Å². The van der Waals surface area contributed by atoms with Crippen molar-refractivity contribution >= 4 is 16.8 Å². The quantitative estimate of drug-likeness (QED) is 0.513. The maximum atomic E-state index is 13.2. The SMILES string of the molecule is C[C@H](NC(=O)c1c(O)c(=O)n(C)c2ccccc12)c1cccc(-c2ccc(F)cc2)c1. The third-order valence-corrected chi connectivity index (χ3v) is 5.42. The molecule has 6 heteroatoms. The summed E-state index contributed by atoms with van der Waals surface area (Å²) in [6, 6.07) is 20.3. The predicted molar refractivity (Wildman–Crippen MR) is 119 cm³/mol. The Balaban J connectivity index is 1.67. The molecule has 31 heavy (non-hydrogen) atoms. The van der Waals surface area contributed by atoms with E-state index in [2.05, 4.69) is 5.32 Å². The first-order valence-electron chi connectivity index (χ1n) is 9.84. The minimum absolute atomic E-state index is 0.0414. The first-order valence-corrected chi connectivity index (χ1v) is 9.84. The number of pyridine rings is 1. The Hall–Kier alpha value is -3.93. The summed E-state index contributed by atoms with van der Waals surface area (Å²) in [6.07, 6.45) is 0. The van der Waals surface area contributed by atoms with E-state index in [0.717, 1.165) is 16.7 Å². The monoisotopic (exact) mass is 416 g/mol. The van der Waals surface area contributed by atoms with Crippen LogP contribution in [0.25, 0.3) is 22.0 Å². The number of benzene rings is 3. The summed E-state index contributed by atoms with van der Waals surface area (Å²) in [7, 11) is 1.55. The van der Waals surface area contributed by atoms with Gasteiger partial charge in [-0.15, -0.1) is 0 Å². The minimum Gasteiger partial charge on any atom is -0.502 e. The number of hydrogen-bond donors (Lipinski definition) is 2. The number of para-hydroxylation sites is 1. The number of nitrogens with one attached hydrogen (secondary N) is 1. The van der Waals surface area contributed by atoms with Crippen molar-refractivity contribution in [2.45, 2.75) is 13.0 Å². The summed E-state index contributed by atoms with van der Waals surface area (Å²) < 4.78 is 14.5. The molecule has 1 amide bonds. The number of carbonyl (C=O) groups excluding carboxylic acids is 1. The van der Waals surface area contributed by atoms with Gasteiger partial charge in [0.25, 0.3) is 11.5 Å². The van der Waals surface area contributed by atoms with E-state index < -0.39 is 23.3 Å². The van der Waals surface area contributed by atoms with Gasteiger partial charge in [-0.25, -0.2) is 4.39 Å². The highest BCUT2D eigenvalue weighted by molar-refractivity contribution is 6.08. The molecule has 0 aliphatic carbocycles. The highest BCUT2D eigenvalue weighted by Gasteiger charge is 2.22. The molecule has 1 atom stereocenters. The number of rotatable bonds is 4. The van der Waals surface area contributed by atoms with Crippen molar-refractivity contribution in [1.82, 2.24) is 9.88 Å².